The molecule has 0 aliphatic rings. The van der Waals surface area contributed by atoms with Gasteiger partial charge in [0.25, 0.3) is 5.91 Å². The zero-order valence-electron chi connectivity index (χ0n) is 14.2. The van der Waals surface area contributed by atoms with E-state index in [2.05, 4.69) is 4.98 Å². The Bertz CT molecular complexity index is 1010. The fourth-order valence-electron chi connectivity index (χ4n) is 2.67. The number of hydrogen-bond donors (Lipinski definition) is 0. The third kappa shape index (κ3) is 3.77. The molecule has 6 nitrogen and oxygen atoms in total. The van der Waals surface area contributed by atoms with Gasteiger partial charge >= 0.3 is 0 Å². The number of aromatic nitrogens is 1. The highest BCUT2D eigenvalue weighted by Gasteiger charge is 2.16. The largest absolute Gasteiger partial charge is 0.483 e. The van der Waals surface area contributed by atoms with Crippen LogP contribution in [0.4, 0.5) is 0 Å². The van der Waals surface area contributed by atoms with E-state index in [4.69, 9.17) is 15.3 Å². The van der Waals surface area contributed by atoms with Gasteiger partial charge in [0.05, 0.1) is 44.9 Å². The molecule has 0 aliphatic heterocycles. The van der Waals surface area contributed by atoms with Crippen molar-refractivity contribution in [3.05, 3.63) is 22.5 Å². The molecule has 1 aromatic carbocycles. The van der Waals surface area contributed by atoms with Gasteiger partial charge in [0.2, 0.25) is 0 Å². The second-order valence-electron chi connectivity index (χ2n) is 5.60. The predicted molar refractivity (Wildman–Crippen MR) is 102 cm³/mol. The summed E-state index contributed by atoms with van der Waals surface area (Å²) in [5, 5.41) is 21.4. The molecular weight excluding hydrogens is 368 g/mol. The first-order chi connectivity index (χ1) is 12.6. The van der Waals surface area contributed by atoms with Gasteiger partial charge in [0.1, 0.15) is 5.75 Å². The number of aryl methyl sites for hydroxylation is 1. The number of nitrogens with zero attached hydrogens (tertiary/aromatic N) is 4. The Labute approximate surface area is 158 Å². The molecule has 8 heteroatoms. The molecule has 0 atom stereocenters. The first-order valence-electron chi connectivity index (χ1n) is 8.06. The van der Waals surface area contributed by atoms with Crippen LogP contribution in [0.1, 0.15) is 17.8 Å². The van der Waals surface area contributed by atoms with E-state index in [-0.39, 0.29) is 25.4 Å². The lowest BCUT2D eigenvalue weighted by Crippen LogP contribution is -2.36. The zero-order valence-corrected chi connectivity index (χ0v) is 15.8. The lowest BCUT2D eigenvalue weighted by atomic mass is 10.2. The van der Waals surface area contributed by atoms with Crippen molar-refractivity contribution in [3.8, 4) is 17.9 Å². The van der Waals surface area contributed by atoms with Crippen molar-refractivity contribution in [2.24, 2.45) is 0 Å². The van der Waals surface area contributed by atoms with E-state index >= 15 is 0 Å². The maximum absolute atomic E-state index is 12.4. The van der Waals surface area contributed by atoms with Crippen LogP contribution in [0.25, 0.3) is 20.3 Å². The number of thiazole rings is 1. The highest BCUT2D eigenvalue weighted by Crippen LogP contribution is 2.38. The summed E-state index contributed by atoms with van der Waals surface area (Å²) in [6, 6.07) is 7.95. The van der Waals surface area contributed by atoms with Gasteiger partial charge in [-0.3, -0.25) is 4.79 Å². The van der Waals surface area contributed by atoms with Crippen LogP contribution in [0.15, 0.2) is 17.5 Å². The Hall–Kier alpha value is -2.68. The van der Waals surface area contributed by atoms with Gasteiger partial charge in [-0.1, -0.05) is 0 Å². The fraction of sp³-hybridized carbons (Fsp3) is 0.333. The van der Waals surface area contributed by atoms with Gasteiger partial charge in [0, 0.05) is 24.5 Å². The lowest BCUT2D eigenvalue weighted by Gasteiger charge is -2.20. The Morgan fingerprint density at radius 1 is 1.31 bits per heavy atom. The van der Waals surface area contributed by atoms with Gasteiger partial charge in [-0.15, -0.1) is 22.7 Å². The first kappa shape index (κ1) is 18.1. The normalized spacial score (nSPS) is 10.6. The topological polar surface area (TPSA) is 90.0 Å². The Kier molecular flexibility index (Phi) is 5.67. The van der Waals surface area contributed by atoms with Crippen LogP contribution in [0.5, 0.6) is 5.75 Å². The number of hydrogen-bond acceptors (Lipinski definition) is 7. The van der Waals surface area contributed by atoms with Gasteiger partial charge in [-0.05, 0) is 18.4 Å². The monoisotopic (exact) mass is 384 g/mol. The number of carbonyl (C=O) groups excluding carboxylic acids is 1. The van der Waals surface area contributed by atoms with Crippen LogP contribution < -0.4 is 4.74 Å². The summed E-state index contributed by atoms with van der Waals surface area (Å²) in [6.45, 7) is 2.46. The molecule has 0 bridgehead atoms. The Balaban J connectivity index is 1.79. The predicted octanol–water partition coefficient (Wildman–Crippen LogP) is 3.85. The van der Waals surface area contributed by atoms with E-state index in [1.165, 1.54) is 4.90 Å². The molecule has 2 heterocycles. The van der Waals surface area contributed by atoms with E-state index in [9.17, 15) is 4.79 Å². The zero-order chi connectivity index (χ0) is 18.5. The maximum atomic E-state index is 12.4. The molecule has 0 fully saturated rings. The van der Waals surface area contributed by atoms with Crippen LogP contribution in [-0.4, -0.2) is 35.5 Å². The molecule has 0 spiro atoms. The highest BCUT2D eigenvalue weighted by molar-refractivity contribution is 7.21. The van der Waals surface area contributed by atoms with Crippen molar-refractivity contribution in [1.82, 2.24) is 9.88 Å². The summed E-state index contributed by atoms with van der Waals surface area (Å²) in [5.41, 5.74) is 0.973. The van der Waals surface area contributed by atoms with Gasteiger partial charge in [-0.25, -0.2) is 4.98 Å². The Morgan fingerprint density at radius 3 is 2.73 bits per heavy atom. The molecular formula is C18H16N4O2S2. The molecule has 26 heavy (non-hydrogen) atoms. The van der Waals surface area contributed by atoms with Gasteiger partial charge in [-0.2, -0.15) is 10.5 Å². The molecule has 0 saturated carbocycles. The SMILES string of the molecule is Cc1nc2c(cc(OCC(=O)N(CCC#N)CCC#N)c3ccsc32)s1. The Morgan fingerprint density at radius 2 is 2.04 bits per heavy atom. The number of rotatable bonds is 7. The minimum absolute atomic E-state index is 0.120. The second-order valence-corrected chi connectivity index (χ2v) is 7.75. The van der Waals surface area contributed by atoms with E-state index < -0.39 is 0 Å². The quantitative estimate of drug-likeness (QED) is 0.617. The standard InChI is InChI=1S/C18H16N4O2S2/c1-12-21-17-15(26-12)10-14(13-4-9-25-18(13)17)24-11-16(23)22(7-2-5-19)8-3-6-20/h4,9-10H,2-3,7-8,11H2,1H3. The number of amides is 1. The number of thiophene rings is 1. The molecule has 132 valence electrons. The first-order valence-corrected chi connectivity index (χ1v) is 9.75. The number of carbonyl (C=O) groups is 1. The summed E-state index contributed by atoms with van der Waals surface area (Å²) < 4.78 is 7.91. The maximum Gasteiger partial charge on any atom is 0.260 e. The van der Waals surface area contributed by atoms with Crippen molar-refractivity contribution in [2.75, 3.05) is 19.7 Å². The van der Waals surface area contributed by atoms with Crippen LogP contribution >= 0.6 is 22.7 Å². The minimum atomic E-state index is -0.223. The average molecular weight is 384 g/mol. The van der Waals surface area contributed by atoms with Crippen molar-refractivity contribution in [3.63, 3.8) is 0 Å². The molecule has 0 aliphatic carbocycles. The van der Waals surface area contributed by atoms with E-state index in [0.717, 1.165) is 25.3 Å². The lowest BCUT2D eigenvalue weighted by molar-refractivity contribution is -0.133. The summed E-state index contributed by atoms with van der Waals surface area (Å²) in [4.78, 5) is 18.5. The van der Waals surface area contributed by atoms with E-state index in [1.807, 2.05) is 36.6 Å². The van der Waals surface area contributed by atoms with Crippen molar-refractivity contribution in [2.45, 2.75) is 19.8 Å². The number of nitriles is 2. The molecule has 0 radical (unpaired) electrons. The highest BCUT2D eigenvalue weighted by atomic mass is 32.1. The summed E-state index contributed by atoms with van der Waals surface area (Å²) in [7, 11) is 0. The van der Waals surface area contributed by atoms with Crippen LogP contribution in [0.2, 0.25) is 0 Å². The van der Waals surface area contributed by atoms with Gasteiger partial charge in [0.15, 0.2) is 6.61 Å². The van der Waals surface area contributed by atoms with Crippen molar-refractivity contribution < 1.29 is 9.53 Å². The van der Waals surface area contributed by atoms with E-state index in [0.29, 0.717) is 18.8 Å². The molecule has 3 aromatic rings. The summed E-state index contributed by atoms with van der Waals surface area (Å²) in [5.74, 6) is 0.436. The van der Waals surface area contributed by atoms with Crippen LogP contribution in [0.3, 0.4) is 0 Å². The second kappa shape index (κ2) is 8.13. The van der Waals surface area contributed by atoms with Crippen molar-refractivity contribution in [1.29, 1.82) is 10.5 Å². The third-order valence-corrected chi connectivity index (χ3v) is 5.70. The molecule has 0 saturated heterocycles. The van der Waals surface area contributed by atoms with Crippen LogP contribution in [0, 0.1) is 29.6 Å². The van der Waals surface area contributed by atoms with Crippen LogP contribution in [-0.2, 0) is 4.79 Å². The molecule has 1 amide bonds. The number of benzene rings is 1. The average Bonchev–Trinajstić information content (AvgIpc) is 3.25. The van der Waals surface area contributed by atoms with Crippen molar-refractivity contribution >= 4 is 48.9 Å². The molecule has 0 unspecified atom stereocenters. The number of ether oxygens (including phenoxy) is 1. The fourth-order valence-corrected chi connectivity index (χ4v) is 4.50. The third-order valence-electron chi connectivity index (χ3n) is 3.86. The minimum Gasteiger partial charge on any atom is -0.483 e. The molecule has 2 aromatic heterocycles. The van der Waals surface area contributed by atoms with Gasteiger partial charge < -0.3 is 9.64 Å². The number of fused-ring (bicyclic) bond motifs is 3. The summed E-state index contributed by atoms with van der Waals surface area (Å²) in [6.07, 6.45) is 0.468. The molecule has 3 rings (SSSR count). The summed E-state index contributed by atoms with van der Waals surface area (Å²) >= 11 is 3.20. The smallest absolute Gasteiger partial charge is 0.260 e. The molecule has 0 N–H and O–H groups in total. The van der Waals surface area contributed by atoms with E-state index in [1.54, 1.807) is 22.7 Å².